The van der Waals surface area contributed by atoms with Crippen LogP contribution in [0.2, 0.25) is 0 Å². The number of nitrogens with zero attached hydrogens (tertiary/aromatic N) is 3. The van der Waals surface area contributed by atoms with Crippen molar-refractivity contribution in [3.05, 3.63) is 40.0 Å². The standard InChI is InChI=1S/C22H27N5O2S2/c1-12-18(31-13(2)24-12)15-10-30-20(25-15)27-17-7-6-14(9-23-17)19(29)26-16-8-22(16,11-28)21(3,4)5/h6-7,9-10,16,28H,8,11H2,1-5H3,(H,26,29)(H,23,25,27)/t16?,22-/m0/s1. The zero-order valence-corrected chi connectivity index (χ0v) is 19.9. The van der Waals surface area contributed by atoms with E-state index in [-0.39, 0.29) is 29.4 Å². The molecular formula is C22H27N5O2S2. The number of amides is 1. The summed E-state index contributed by atoms with van der Waals surface area (Å²) in [7, 11) is 0. The number of hydrogen-bond acceptors (Lipinski definition) is 8. The summed E-state index contributed by atoms with van der Waals surface area (Å²) in [6, 6.07) is 3.50. The minimum Gasteiger partial charge on any atom is -0.396 e. The van der Waals surface area contributed by atoms with Crippen molar-refractivity contribution in [1.82, 2.24) is 20.3 Å². The normalized spacial score (nSPS) is 20.5. The lowest BCUT2D eigenvalue weighted by atomic mass is 9.77. The third-order valence-corrected chi connectivity index (χ3v) is 7.91. The number of thiazole rings is 2. The molecule has 164 valence electrons. The fourth-order valence-electron chi connectivity index (χ4n) is 3.89. The summed E-state index contributed by atoms with van der Waals surface area (Å²) in [4.78, 5) is 27.2. The van der Waals surface area contributed by atoms with Crippen LogP contribution in [0.5, 0.6) is 0 Å². The predicted molar refractivity (Wildman–Crippen MR) is 125 cm³/mol. The summed E-state index contributed by atoms with van der Waals surface area (Å²) >= 11 is 3.14. The second-order valence-corrected chi connectivity index (χ2v) is 11.1. The Kier molecular flexibility index (Phi) is 5.61. The van der Waals surface area contributed by atoms with E-state index < -0.39 is 0 Å². The summed E-state index contributed by atoms with van der Waals surface area (Å²) in [5.74, 6) is 0.455. The first kappa shape index (κ1) is 21.9. The highest BCUT2D eigenvalue weighted by Gasteiger charge is 2.61. The molecule has 3 aromatic rings. The SMILES string of the molecule is Cc1nc(C)c(-c2csc(Nc3ccc(C(=O)NC4C[C@@]4(CO)C(C)(C)C)cn3)n2)s1. The molecule has 1 fully saturated rings. The fraction of sp³-hybridized carbons (Fsp3) is 0.455. The van der Waals surface area contributed by atoms with E-state index in [1.54, 1.807) is 29.7 Å². The van der Waals surface area contributed by atoms with Crippen LogP contribution >= 0.6 is 22.7 Å². The molecule has 3 heterocycles. The van der Waals surface area contributed by atoms with Gasteiger partial charge in [-0.2, -0.15) is 0 Å². The molecule has 3 N–H and O–H groups in total. The number of aliphatic hydroxyl groups excluding tert-OH is 1. The van der Waals surface area contributed by atoms with Crippen molar-refractivity contribution in [2.24, 2.45) is 10.8 Å². The lowest BCUT2D eigenvalue weighted by Crippen LogP contribution is -2.37. The number of aliphatic hydroxyl groups is 1. The minimum absolute atomic E-state index is 0.0182. The highest BCUT2D eigenvalue weighted by Crippen LogP contribution is 2.58. The number of rotatable bonds is 6. The Hall–Kier alpha value is -2.36. The number of anilines is 2. The first-order valence-electron chi connectivity index (χ1n) is 10.2. The summed E-state index contributed by atoms with van der Waals surface area (Å²) in [5, 5.41) is 19.8. The highest BCUT2D eigenvalue weighted by molar-refractivity contribution is 7.16. The Morgan fingerprint density at radius 1 is 1.29 bits per heavy atom. The maximum atomic E-state index is 12.6. The van der Waals surface area contributed by atoms with Crippen LogP contribution in [0.1, 0.15) is 48.3 Å². The van der Waals surface area contributed by atoms with Crippen LogP contribution in [0.3, 0.4) is 0 Å². The molecule has 1 aliphatic carbocycles. The Morgan fingerprint density at radius 2 is 2.06 bits per heavy atom. The van der Waals surface area contributed by atoms with Crippen LogP contribution in [0.4, 0.5) is 10.9 Å². The van der Waals surface area contributed by atoms with Gasteiger partial charge in [0.1, 0.15) is 5.82 Å². The van der Waals surface area contributed by atoms with Crippen molar-refractivity contribution in [2.45, 2.75) is 47.1 Å². The van der Waals surface area contributed by atoms with Crippen molar-refractivity contribution in [3.8, 4) is 10.6 Å². The number of hydrogen-bond donors (Lipinski definition) is 3. The second kappa shape index (κ2) is 7.96. The smallest absolute Gasteiger partial charge is 0.253 e. The quantitative estimate of drug-likeness (QED) is 0.502. The molecule has 0 aromatic carbocycles. The summed E-state index contributed by atoms with van der Waals surface area (Å²) in [6.07, 6.45) is 2.35. The van der Waals surface area contributed by atoms with E-state index in [9.17, 15) is 9.90 Å². The molecular weight excluding hydrogens is 430 g/mol. The average molecular weight is 458 g/mol. The van der Waals surface area contributed by atoms with Gasteiger partial charge in [-0.25, -0.2) is 15.0 Å². The van der Waals surface area contributed by atoms with Crippen molar-refractivity contribution >= 4 is 39.5 Å². The molecule has 7 nitrogen and oxygen atoms in total. The average Bonchev–Trinajstić information content (AvgIpc) is 3.06. The van der Waals surface area contributed by atoms with E-state index in [2.05, 4.69) is 46.4 Å². The molecule has 1 saturated carbocycles. The summed E-state index contributed by atoms with van der Waals surface area (Å²) < 4.78 is 0. The van der Waals surface area contributed by atoms with Crippen LogP contribution in [0, 0.1) is 24.7 Å². The second-order valence-electron chi connectivity index (χ2n) is 9.04. The Bertz CT molecular complexity index is 1100. The third-order valence-electron chi connectivity index (χ3n) is 6.06. The summed E-state index contributed by atoms with van der Waals surface area (Å²) in [6.45, 7) is 10.3. The van der Waals surface area contributed by atoms with Gasteiger partial charge < -0.3 is 15.7 Å². The molecule has 0 spiro atoms. The largest absolute Gasteiger partial charge is 0.396 e. The van der Waals surface area contributed by atoms with Gasteiger partial charge in [0.15, 0.2) is 5.13 Å². The zero-order valence-electron chi connectivity index (χ0n) is 18.3. The summed E-state index contributed by atoms with van der Waals surface area (Å²) in [5.41, 5.74) is 2.06. The van der Waals surface area contributed by atoms with Crippen molar-refractivity contribution in [2.75, 3.05) is 11.9 Å². The molecule has 0 saturated heterocycles. The van der Waals surface area contributed by atoms with E-state index in [1.807, 2.05) is 19.2 Å². The fourth-order valence-corrected chi connectivity index (χ4v) is 5.56. The van der Waals surface area contributed by atoms with Crippen molar-refractivity contribution < 1.29 is 9.90 Å². The van der Waals surface area contributed by atoms with Gasteiger partial charge in [0.05, 0.1) is 33.4 Å². The Labute approximate surface area is 190 Å². The lowest BCUT2D eigenvalue weighted by Gasteiger charge is -2.30. The van der Waals surface area contributed by atoms with Gasteiger partial charge in [-0.05, 0) is 37.8 Å². The molecule has 31 heavy (non-hydrogen) atoms. The van der Waals surface area contributed by atoms with Crippen LogP contribution in [-0.4, -0.2) is 38.6 Å². The number of carbonyl (C=O) groups excluding carboxylic acids is 1. The molecule has 2 atom stereocenters. The van der Waals surface area contributed by atoms with Gasteiger partial charge >= 0.3 is 0 Å². The Morgan fingerprint density at radius 3 is 2.61 bits per heavy atom. The van der Waals surface area contributed by atoms with E-state index in [4.69, 9.17) is 0 Å². The van der Waals surface area contributed by atoms with Crippen molar-refractivity contribution in [1.29, 1.82) is 0 Å². The topological polar surface area (TPSA) is 100 Å². The van der Waals surface area contributed by atoms with Gasteiger partial charge in [-0.1, -0.05) is 20.8 Å². The molecule has 3 aromatic heterocycles. The van der Waals surface area contributed by atoms with E-state index >= 15 is 0 Å². The first-order chi connectivity index (χ1) is 14.6. The van der Waals surface area contributed by atoms with Gasteiger partial charge in [-0.15, -0.1) is 22.7 Å². The third kappa shape index (κ3) is 4.22. The van der Waals surface area contributed by atoms with E-state index in [1.165, 1.54) is 11.3 Å². The van der Waals surface area contributed by atoms with Crippen molar-refractivity contribution in [3.63, 3.8) is 0 Å². The van der Waals surface area contributed by atoms with E-state index in [0.717, 1.165) is 32.8 Å². The molecule has 0 aliphatic heterocycles. The van der Waals surface area contributed by atoms with Gasteiger partial charge in [0, 0.05) is 23.0 Å². The number of pyridine rings is 1. The van der Waals surface area contributed by atoms with Crippen LogP contribution in [0.15, 0.2) is 23.7 Å². The molecule has 1 unspecified atom stereocenters. The van der Waals surface area contributed by atoms with Crippen LogP contribution in [0.25, 0.3) is 10.6 Å². The molecule has 0 bridgehead atoms. The monoisotopic (exact) mass is 457 g/mol. The van der Waals surface area contributed by atoms with Gasteiger partial charge in [-0.3, -0.25) is 4.79 Å². The molecule has 9 heteroatoms. The molecule has 0 radical (unpaired) electrons. The Balaban J connectivity index is 1.39. The highest BCUT2D eigenvalue weighted by atomic mass is 32.1. The molecule has 4 rings (SSSR count). The number of carbonyl (C=O) groups is 1. The van der Waals surface area contributed by atoms with Crippen LogP contribution < -0.4 is 10.6 Å². The number of aromatic nitrogens is 3. The lowest BCUT2D eigenvalue weighted by molar-refractivity contribution is 0.0854. The minimum atomic E-state index is -0.255. The predicted octanol–water partition coefficient (Wildman–Crippen LogP) is 4.55. The van der Waals surface area contributed by atoms with E-state index in [0.29, 0.717) is 11.4 Å². The van der Waals surface area contributed by atoms with Gasteiger partial charge in [0.25, 0.3) is 5.91 Å². The van der Waals surface area contributed by atoms with Crippen LogP contribution in [-0.2, 0) is 0 Å². The molecule has 1 aliphatic rings. The first-order valence-corrected chi connectivity index (χ1v) is 11.9. The maximum Gasteiger partial charge on any atom is 0.253 e. The maximum absolute atomic E-state index is 12.6. The zero-order chi connectivity index (χ0) is 22.4. The van der Waals surface area contributed by atoms with Gasteiger partial charge in [0.2, 0.25) is 0 Å². The number of aryl methyl sites for hydroxylation is 2. The number of nitrogens with one attached hydrogen (secondary N) is 2. The molecule has 1 amide bonds.